The van der Waals surface area contributed by atoms with Gasteiger partial charge in [-0.2, -0.15) is 0 Å². The van der Waals surface area contributed by atoms with E-state index in [1.807, 2.05) is 54.6 Å². The molecular formula is C23H21BrClNO4. The molecule has 0 aliphatic carbocycles. The van der Waals surface area contributed by atoms with E-state index in [0.717, 1.165) is 32.7 Å². The van der Waals surface area contributed by atoms with Gasteiger partial charge in [0.15, 0.2) is 23.0 Å². The van der Waals surface area contributed by atoms with E-state index in [0.29, 0.717) is 36.2 Å². The van der Waals surface area contributed by atoms with Gasteiger partial charge in [-0.05, 0) is 69.0 Å². The Morgan fingerprint density at radius 3 is 2.47 bits per heavy atom. The Morgan fingerprint density at radius 1 is 0.933 bits per heavy atom. The minimum Gasteiger partial charge on any atom is -0.493 e. The van der Waals surface area contributed by atoms with Crippen LogP contribution in [0.4, 0.5) is 0 Å². The van der Waals surface area contributed by atoms with Crippen LogP contribution >= 0.6 is 27.5 Å². The Morgan fingerprint density at radius 2 is 1.67 bits per heavy atom. The van der Waals surface area contributed by atoms with Crippen LogP contribution in [0.2, 0.25) is 5.02 Å². The summed E-state index contributed by atoms with van der Waals surface area (Å²) in [6, 6.07) is 17.6. The van der Waals surface area contributed by atoms with Crippen molar-refractivity contribution in [2.24, 2.45) is 0 Å². The molecule has 0 radical (unpaired) electrons. The Bertz CT molecular complexity index is 1030. The first-order valence-corrected chi connectivity index (χ1v) is 10.6. The van der Waals surface area contributed by atoms with Gasteiger partial charge in [0, 0.05) is 18.1 Å². The summed E-state index contributed by atoms with van der Waals surface area (Å²) < 4.78 is 23.2. The second-order valence-corrected chi connectivity index (χ2v) is 8.11. The number of methoxy groups -OCH3 is 1. The van der Waals surface area contributed by atoms with E-state index in [-0.39, 0.29) is 6.79 Å². The lowest BCUT2D eigenvalue weighted by Crippen LogP contribution is -2.13. The summed E-state index contributed by atoms with van der Waals surface area (Å²) in [6.07, 6.45) is 0. The number of fused-ring (bicyclic) bond motifs is 1. The Balaban J connectivity index is 1.38. The van der Waals surface area contributed by atoms with E-state index in [9.17, 15) is 0 Å². The molecule has 0 saturated carbocycles. The monoisotopic (exact) mass is 489 g/mol. The van der Waals surface area contributed by atoms with Gasteiger partial charge < -0.3 is 24.3 Å². The summed E-state index contributed by atoms with van der Waals surface area (Å²) in [7, 11) is 1.64. The fourth-order valence-corrected chi connectivity index (χ4v) is 3.88. The van der Waals surface area contributed by atoms with Crippen LogP contribution in [0, 0.1) is 0 Å². The Labute approximate surface area is 189 Å². The lowest BCUT2D eigenvalue weighted by Gasteiger charge is -2.15. The minimum absolute atomic E-state index is 0.284. The molecule has 0 aromatic heterocycles. The molecule has 1 aliphatic rings. The van der Waals surface area contributed by atoms with Crippen molar-refractivity contribution in [3.63, 3.8) is 0 Å². The van der Waals surface area contributed by atoms with Crippen molar-refractivity contribution in [2.75, 3.05) is 13.9 Å². The number of benzene rings is 3. The topological polar surface area (TPSA) is 49.0 Å². The van der Waals surface area contributed by atoms with Crippen LogP contribution in [0.15, 0.2) is 59.1 Å². The second kappa shape index (κ2) is 9.60. The van der Waals surface area contributed by atoms with Gasteiger partial charge in [0.25, 0.3) is 0 Å². The number of nitrogens with one attached hydrogen (secondary N) is 1. The number of ether oxygens (including phenoxy) is 4. The van der Waals surface area contributed by atoms with Gasteiger partial charge in [-0.25, -0.2) is 0 Å². The van der Waals surface area contributed by atoms with Crippen molar-refractivity contribution < 1.29 is 18.9 Å². The molecule has 5 nitrogen and oxygen atoms in total. The maximum atomic E-state index is 6.00. The molecule has 0 unspecified atom stereocenters. The van der Waals surface area contributed by atoms with Crippen LogP contribution in [0.1, 0.15) is 16.7 Å². The highest BCUT2D eigenvalue weighted by Gasteiger charge is 2.14. The molecule has 1 heterocycles. The zero-order valence-electron chi connectivity index (χ0n) is 16.4. The molecule has 4 rings (SSSR count). The summed E-state index contributed by atoms with van der Waals surface area (Å²) in [5.74, 6) is 2.94. The van der Waals surface area contributed by atoms with Gasteiger partial charge in [0.1, 0.15) is 6.61 Å². The molecule has 1 N–H and O–H groups in total. The Kier molecular flexibility index (Phi) is 6.67. The van der Waals surface area contributed by atoms with Gasteiger partial charge in [-0.1, -0.05) is 29.8 Å². The van der Waals surface area contributed by atoms with Gasteiger partial charge in [0.2, 0.25) is 6.79 Å². The van der Waals surface area contributed by atoms with Crippen molar-refractivity contribution in [3.05, 3.63) is 80.8 Å². The predicted molar refractivity (Wildman–Crippen MR) is 120 cm³/mol. The first kappa shape index (κ1) is 20.8. The van der Waals surface area contributed by atoms with E-state index < -0.39 is 0 Å². The zero-order valence-corrected chi connectivity index (χ0v) is 18.8. The molecule has 0 saturated heterocycles. The largest absolute Gasteiger partial charge is 0.493 e. The fourth-order valence-electron chi connectivity index (χ4n) is 3.15. The molecule has 1 aliphatic heterocycles. The average molecular weight is 491 g/mol. The fraction of sp³-hybridized carbons (Fsp3) is 0.217. The predicted octanol–water partition coefficient (Wildman–Crippen LogP) is 5.71. The number of rotatable bonds is 8. The van der Waals surface area contributed by atoms with Crippen molar-refractivity contribution >= 4 is 27.5 Å². The third kappa shape index (κ3) is 5.01. The summed E-state index contributed by atoms with van der Waals surface area (Å²) in [4.78, 5) is 0. The standard InChI is InChI=1S/C23H21BrClNO4/c1-27-22-10-17(12-26-11-16-4-7-20-21(9-16)30-14-29-20)8-19(24)23(22)28-13-15-2-5-18(25)6-3-15/h2-10,26H,11-14H2,1H3. The maximum Gasteiger partial charge on any atom is 0.231 e. The van der Waals surface area contributed by atoms with E-state index in [4.69, 9.17) is 30.5 Å². The molecular weight excluding hydrogens is 470 g/mol. The van der Waals surface area contributed by atoms with E-state index >= 15 is 0 Å². The molecule has 156 valence electrons. The minimum atomic E-state index is 0.284. The zero-order chi connectivity index (χ0) is 20.9. The summed E-state index contributed by atoms with van der Waals surface area (Å²) >= 11 is 9.55. The van der Waals surface area contributed by atoms with Gasteiger partial charge in [0.05, 0.1) is 11.6 Å². The van der Waals surface area contributed by atoms with Gasteiger partial charge >= 0.3 is 0 Å². The quantitative estimate of drug-likeness (QED) is 0.438. The molecule has 3 aromatic carbocycles. The van der Waals surface area contributed by atoms with Crippen molar-refractivity contribution in [2.45, 2.75) is 19.7 Å². The van der Waals surface area contributed by atoms with Crippen molar-refractivity contribution in [1.82, 2.24) is 5.32 Å². The van der Waals surface area contributed by atoms with Gasteiger partial charge in [-0.15, -0.1) is 0 Å². The van der Waals surface area contributed by atoms with E-state index in [2.05, 4.69) is 21.2 Å². The number of hydrogen-bond acceptors (Lipinski definition) is 5. The van der Waals surface area contributed by atoms with Crippen LogP contribution in [-0.4, -0.2) is 13.9 Å². The number of hydrogen-bond donors (Lipinski definition) is 1. The van der Waals surface area contributed by atoms with Crippen LogP contribution in [0.3, 0.4) is 0 Å². The second-order valence-electron chi connectivity index (χ2n) is 6.82. The number of halogens is 2. The molecule has 0 spiro atoms. The summed E-state index contributed by atoms with van der Waals surface area (Å²) in [5, 5.41) is 4.15. The third-order valence-corrected chi connectivity index (χ3v) is 5.52. The lowest BCUT2D eigenvalue weighted by molar-refractivity contribution is 0.174. The summed E-state index contributed by atoms with van der Waals surface area (Å²) in [5.41, 5.74) is 3.24. The van der Waals surface area contributed by atoms with E-state index in [1.54, 1.807) is 7.11 Å². The highest BCUT2D eigenvalue weighted by atomic mass is 79.9. The van der Waals surface area contributed by atoms with Gasteiger partial charge in [-0.3, -0.25) is 0 Å². The first-order chi connectivity index (χ1) is 14.6. The molecule has 3 aromatic rings. The molecule has 0 bridgehead atoms. The van der Waals surface area contributed by atoms with Crippen LogP contribution < -0.4 is 24.3 Å². The first-order valence-electron chi connectivity index (χ1n) is 9.45. The molecule has 0 fully saturated rings. The molecule has 7 heteroatoms. The smallest absolute Gasteiger partial charge is 0.231 e. The van der Waals surface area contributed by atoms with Crippen molar-refractivity contribution in [1.29, 1.82) is 0 Å². The Hall–Kier alpha value is -2.41. The van der Waals surface area contributed by atoms with E-state index in [1.165, 1.54) is 0 Å². The highest BCUT2D eigenvalue weighted by molar-refractivity contribution is 9.10. The average Bonchev–Trinajstić information content (AvgIpc) is 3.22. The SMILES string of the molecule is COc1cc(CNCc2ccc3c(c2)OCO3)cc(Br)c1OCc1ccc(Cl)cc1. The van der Waals surface area contributed by atoms with Crippen LogP contribution in [-0.2, 0) is 19.7 Å². The molecule has 0 amide bonds. The highest BCUT2D eigenvalue weighted by Crippen LogP contribution is 2.37. The maximum absolute atomic E-state index is 6.00. The molecule has 0 atom stereocenters. The van der Waals surface area contributed by atoms with Crippen molar-refractivity contribution in [3.8, 4) is 23.0 Å². The molecule has 30 heavy (non-hydrogen) atoms. The van der Waals surface area contributed by atoms with Crippen LogP contribution in [0.5, 0.6) is 23.0 Å². The third-order valence-electron chi connectivity index (χ3n) is 4.68. The summed E-state index contributed by atoms with van der Waals surface area (Å²) in [6.45, 7) is 2.10. The van der Waals surface area contributed by atoms with Crippen LogP contribution in [0.25, 0.3) is 0 Å². The normalized spacial score (nSPS) is 12.1. The lowest BCUT2D eigenvalue weighted by atomic mass is 10.1.